The van der Waals surface area contributed by atoms with Gasteiger partial charge in [0.2, 0.25) is 0 Å². The number of aliphatic hydroxyl groups is 4. The molecule has 17 heavy (non-hydrogen) atoms. The van der Waals surface area contributed by atoms with Crippen LogP contribution in [0.15, 0.2) is 0 Å². The minimum Gasteiger partial charge on any atom is -0.394 e. The Morgan fingerprint density at radius 1 is 1.18 bits per heavy atom. The monoisotopic (exact) mass is 246 g/mol. The van der Waals surface area contributed by atoms with Crippen molar-refractivity contribution in [3.8, 4) is 12.3 Å². The quantitative estimate of drug-likeness (QED) is 0.338. The Morgan fingerprint density at radius 3 is 2.47 bits per heavy atom. The van der Waals surface area contributed by atoms with Crippen LogP contribution in [0, 0.1) is 12.3 Å². The molecule has 0 bridgehead atoms. The molecule has 0 aliphatic carbocycles. The molecule has 4 N–H and O–H groups in total. The molecule has 98 valence electrons. The first kappa shape index (κ1) is 14.4. The molecule has 6 heteroatoms. The van der Waals surface area contributed by atoms with Crippen molar-refractivity contribution in [3.63, 3.8) is 0 Å². The van der Waals surface area contributed by atoms with Crippen molar-refractivity contribution >= 4 is 0 Å². The topological polar surface area (TPSA) is 99.4 Å². The molecular formula is C11H18O6. The summed E-state index contributed by atoms with van der Waals surface area (Å²) in [6.45, 7) is -0.192. The number of terminal acetylenes is 1. The molecule has 0 amide bonds. The van der Waals surface area contributed by atoms with Crippen LogP contribution in [-0.2, 0) is 9.47 Å². The zero-order valence-corrected chi connectivity index (χ0v) is 9.40. The standard InChI is InChI=1S/C11H18O6/c1-2-3-4-5-16-11-10(15)9(14)8(13)7(6-12)17-11/h1,7-15H,3-6H2/t7-,8+,9+,10-,11-/m1/s1. The van der Waals surface area contributed by atoms with E-state index >= 15 is 0 Å². The predicted octanol–water partition coefficient (Wildman–Crippen LogP) is -1.78. The minimum absolute atomic E-state index is 0.271. The van der Waals surface area contributed by atoms with Gasteiger partial charge in [0.1, 0.15) is 24.4 Å². The predicted molar refractivity (Wildman–Crippen MR) is 57.8 cm³/mol. The lowest BCUT2D eigenvalue weighted by Gasteiger charge is -2.39. The van der Waals surface area contributed by atoms with Crippen molar-refractivity contribution in [3.05, 3.63) is 0 Å². The largest absolute Gasteiger partial charge is 0.394 e. The van der Waals surface area contributed by atoms with Gasteiger partial charge in [-0.15, -0.1) is 12.3 Å². The van der Waals surface area contributed by atoms with Crippen LogP contribution in [0.4, 0.5) is 0 Å². The molecule has 1 rings (SSSR count). The number of unbranched alkanes of at least 4 members (excludes halogenated alkanes) is 1. The average Bonchev–Trinajstić information content (AvgIpc) is 2.34. The molecule has 1 saturated heterocycles. The van der Waals surface area contributed by atoms with Gasteiger partial charge in [-0.05, 0) is 6.42 Å². The van der Waals surface area contributed by atoms with Crippen LogP contribution >= 0.6 is 0 Å². The van der Waals surface area contributed by atoms with E-state index in [0.717, 1.165) is 0 Å². The number of rotatable bonds is 5. The molecule has 0 spiro atoms. The average molecular weight is 246 g/mol. The highest BCUT2D eigenvalue weighted by atomic mass is 16.7. The van der Waals surface area contributed by atoms with E-state index in [4.69, 9.17) is 21.0 Å². The molecule has 1 aliphatic heterocycles. The lowest BCUT2D eigenvalue weighted by Crippen LogP contribution is -2.59. The Bertz CT molecular complexity index is 261. The molecule has 1 aliphatic rings. The van der Waals surface area contributed by atoms with E-state index in [0.29, 0.717) is 12.8 Å². The molecule has 0 aromatic heterocycles. The van der Waals surface area contributed by atoms with Crippen LogP contribution in [-0.4, -0.2) is 64.3 Å². The van der Waals surface area contributed by atoms with Crippen molar-refractivity contribution < 1.29 is 29.9 Å². The van der Waals surface area contributed by atoms with Crippen molar-refractivity contribution in [2.45, 2.75) is 43.5 Å². The van der Waals surface area contributed by atoms with E-state index in [9.17, 15) is 15.3 Å². The first-order chi connectivity index (χ1) is 8.11. The van der Waals surface area contributed by atoms with Gasteiger partial charge in [-0.3, -0.25) is 0 Å². The van der Waals surface area contributed by atoms with E-state index < -0.39 is 37.3 Å². The van der Waals surface area contributed by atoms with Crippen molar-refractivity contribution in [2.24, 2.45) is 0 Å². The van der Waals surface area contributed by atoms with E-state index in [1.807, 2.05) is 0 Å². The minimum atomic E-state index is -1.40. The van der Waals surface area contributed by atoms with Gasteiger partial charge in [0.15, 0.2) is 6.29 Å². The van der Waals surface area contributed by atoms with Gasteiger partial charge >= 0.3 is 0 Å². The lowest BCUT2D eigenvalue weighted by atomic mass is 9.99. The van der Waals surface area contributed by atoms with Gasteiger partial charge in [-0.2, -0.15) is 0 Å². The first-order valence-corrected chi connectivity index (χ1v) is 5.47. The van der Waals surface area contributed by atoms with Crippen molar-refractivity contribution in [1.82, 2.24) is 0 Å². The summed E-state index contributed by atoms with van der Waals surface area (Å²) in [4.78, 5) is 0. The molecule has 0 aromatic carbocycles. The van der Waals surface area contributed by atoms with Gasteiger partial charge in [-0.25, -0.2) is 0 Å². The molecule has 5 atom stereocenters. The number of hydrogen-bond donors (Lipinski definition) is 4. The van der Waals surface area contributed by atoms with Gasteiger partial charge in [-0.1, -0.05) is 0 Å². The van der Waals surface area contributed by atoms with Crippen LogP contribution in [0.25, 0.3) is 0 Å². The Kier molecular flexibility index (Phi) is 5.85. The SMILES string of the molecule is C#CCCCO[C@@H]1O[C@H](CO)[C@H](O)[C@H](O)[C@H]1O. The van der Waals surface area contributed by atoms with E-state index in [1.165, 1.54) is 0 Å². The third-order valence-electron chi connectivity index (χ3n) is 2.60. The van der Waals surface area contributed by atoms with Crippen LogP contribution in [0.1, 0.15) is 12.8 Å². The molecule has 0 saturated carbocycles. The van der Waals surface area contributed by atoms with Crippen molar-refractivity contribution in [2.75, 3.05) is 13.2 Å². The summed E-state index contributed by atoms with van der Waals surface area (Å²) in [5.74, 6) is 2.44. The van der Waals surface area contributed by atoms with Crippen LogP contribution < -0.4 is 0 Å². The van der Waals surface area contributed by atoms with Gasteiger partial charge in [0.05, 0.1) is 13.2 Å². The summed E-state index contributed by atoms with van der Waals surface area (Å²) in [7, 11) is 0. The zero-order chi connectivity index (χ0) is 12.8. The molecule has 1 fully saturated rings. The lowest BCUT2D eigenvalue weighted by molar-refractivity contribution is -0.301. The van der Waals surface area contributed by atoms with E-state index in [1.54, 1.807) is 0 Å². The molecule has 1 heterocycles. The zero-order valence-electron chi connectivity index (χ0n) is 9.40. The smallest absolute Gasteiger partial charge is 0.186 e. The third-order valence-corrected chi connectivity index (χ3v) is 2.60. The Balaban J connectivity index is 2.45. The summed E-state index contributed by atoms with van der Waals surface area (Å²) in [5.41, 5.74) is 0. The van der Waals surface area contributed by atoms with Gasteiger partial charge in [0, 0.05) is 6.42 Å². The maximum absolute atomic E-state index is 9.60. The van der Waals surface area contributed by atoms with Crippen LogP contribution in [0.3, 0.4) is 0 Å². The number of hydrogen-bond acceptors (Lipinski definition) is 6. The fourth-order valence-electron chi connectivity index (χ4n) is 1.58. The fraction of sp³-hybridized carbons (Fsp3) is 0.818. The Morgan fingerprint density at radius 2 is 1.88 bits per heavy atom. The maximum Gasteiger partial charge on any atom is 0.186 e. The van der Waals surface area contributed by atoms with Crippen LogP contribution in [0.2, 0.25) is 0 Å². The van der Waals surface area contributed by atoms with E-state index in [2.05, 4.69) is 5.92 Å². The van der Waals surface area contributed by atoms with E-state index in [-0.39, 0.29) is 6.61 Å². The highest BCUT2D eigenvalue weighted by Crippen LogP contribution is 2.21. The molecule has 0 unspecified atom stereocenters. The summed E-state index contributed by atoms with van der Waals surface area (Å²) in [6.07, 6.45) is 0.0899. The summed E-state index contributed by atoms with van der Waals surface area (Å²) in [5, 5.41) is 37.5. The molecule has 6 nitrogen and oxygen atoms in total. The molecule has 0 aromatic rings. The number of ether oxygens (including phenoxy) is 2. The molecule has 0 radical (unpaired) electrons. The Hall–Kier alpha value is -0.680. The normalized spacial score (nSPS) is 37.7. The van der Waals surface area contributed by atoms with Gasteiger partial charge in [0.25, 0.3) is 0 Å². The fourth-order valence-corrected chi connectivity index (χ4v) is 1.58. The maximum atomic E-state index is 9.60. The second kappa shape index (κ2) is 6.91. The third kappa shape index (κ3) is 3.64. The highest BCUT2D eigenvalue weighted by molar-refractivity contribution is 4.89. The van der Waals surface area contributed by atoms with Gasteiger partial charge < -0.3 is 29.9 Å². The number of aliphatic hydroxyl groups excluding tert-OH is 4. The Labute approximate surface area is 99.8 Å². The summed E-state index contributed by atoms with van der Waals surface area (Å²) in [6, 6.07) is 0. The highest BCUT2D eigenvalue weighted by Gasteiger charge is 2.43. The molecular weight excluding hydrogens is 228 g/mol. The van der Waals surface area contributed by atoms with Crippen molar-refractivity contribution in [1.29, 1.82) is 0 Å². The first-order valence-electron chi connectivity index (χ1n) is 5.47. The van der Waals surface area contributed by atoms with Crippen LogP contribution in [0.5, 0.6) is 0 Å². The second-order valence-corrected chi connectivity index (χ2v) is 3.88. The summed E-state index contributed by atoms with van der Waals surface area (Å²) >= 11 is 0. The summed E-state index contributed by atoms with van der Waals surface area (Å²) < 4.78 is 10.3. The second-order valence-electron chi connectivity index (χ2n) is 3.88.